The van der Waals surface area contributed by atoms with Crippen LogP contribution < -0.4 is 4.74 Å². The van der Waals surface area contributed by atoms with Crippen LogP contribution in [0.4, 0.5) is 5.69 Å². The quantitative estimate of drug-likeness (QED) is 0.194. The summed E-state index contributed by atoms with van der Waals surface area (Å²) >= 11 is 0. The van der Waals surface area contributed by atoms with E-state index >= 15 is 0 Å². The molecule has 0 spiro atoms. The number of rotatable bonds is 7. The zero-order chi connectivity index (χ0) is 20.8. The van der Waals surface area contributed by atoms with Crippen LogP contribution in [0.1, 0.15) is 21.5 Å². The van der Waals surface area contributed by atoms with E-state index in [0.29, 0.717) is 16.9 Å². The van der Waals surface area contributed by atoms with Crippen molar-refractivity contribution in [1.29, 1.82) is 5.26 Å². The van der Waals surface area contributed by atoms with Gasteiger partial charge >= 0.3 is 0 Å². The number of allylic oxidation sites excluding steroid dienone is 1. The van der Waals surface area contributed by atoms with E-state index in [0.717, 1.165) is 10.8 Å². The van der Waals surface area contributed by atoms with E-state index < -0.39 is 4.92 Å². The Morgan fingerprint density at radius 1 is 1.14 bits per heavy atom. The molecule has 0 saturated carbocycles. The van der Waals surface area contributed by atoms with Crippen LogP contribution in [-0.2, 0) is 4.74 Å². The number of methoxy groups -OCH3 is 1. The maximum absolute atomic E-state index is 12.6. The van der Waals surface area contributed by atoms with Crippen molar-refractivity contribution in [3.63, 3.8) is 0 Å². The molecule has 0 radical (unpaired) electrons. The van der Waals surface area contributed by atoms with Gasteiger partial charge in [0.1, 0.15) is 5.75 Å². The first-order valence-corrected chi connectivity index (χ1v) is 8.58. The van der Waals surface area contributed by atoms with Crippen LogP contribution in [0.2, 0.25) is 0 Å². The lowest BCUT2D eigenvalue weighted by Gasteiger charge is -2.06. The van der Waals surface area contributed by atoms with Gasteiger partial charge in [-0.1, -0.05) is 18.2 Å². The third kappa shape index (κ3) is 4.64. The van der Waals surface area contributed by atoms with Crippen LogP contribution in [0.3, 0.4) is 0 Å². The number of nitriles is 1. The Kier molecular flexibility index (Phi) is 5.97. The lowest BCUT2D eigenvalue weighted by molar-refractivity contribution is -0.385. The monoisotopic (exact) mass is 388 g/mol. The Morgan fingerprint density at radius 2 is 1.93 bits per heavy atom. The molecule has 3 aromatic rings. The number of nitro groups is 1. The van der Waals surface area contributed by atoms with Gasteiger partial charge in [-0.15, -0.1) is 0 Å². The average molecular weight is 388 g/mol. The lowest BCUT2D eigenvalue weighted by Crippen LogP contribution is -2.00. The molecule has 0 unspecified atom stereocenters. The second-order valence-corrected chi connectivity index (χ2v) is 6.11. The molecule has 0 heterocycles. The lowest BCUT2D eigenvalue weighted by atomic mass is 10.0. The third-order valence-electron chi connectivity index (χ3n) is 4.21. The SMILES string of the molecule is COCOc1ccc([N+](=O)[O-])c(C=CC(=O)c2ccc3ccc(C#N)cc3c2)c1. The van der Waals surface area contributed by atoms with Crippen LogP contribution in [0.25, 0.3) is 16.8 Å². The maximum atomic E-state index is 12.6. The van der Waals surface area contributed by atoms with Gasteiger partial charge in [0.25, 0.3) is 5.69 Å². The van der Waals surface area contributed by atoms with Gasteiger partial charge in [0.05, 0.1) is 22.1 Å². The van der Waals surface area contributed by atoms with E-state index in [9.17, 15) is 14.9 Å². The van der Waals surface area contributed by atoms with Crippen LogP contribution in [0.15, 0.2) is 60.7 Å². The highest BCUT2D eigenvalue weighted by atomic mass is 16.7. The summed E-state index contributed by atoms with van der Waals surface area (Å²) in [5, 5.41) is 22.0. The number of fused-ring (bicyclic) bond motifs is 1. The Bertz CT molecular complexity index is 1160. The van der Waals surface area contributed by atoms with Crippen molar-refractivity contribution in [1.82, 2.24) is 0 Å². The van der Waals surface area contributed by atoms with E-state index in [2.05, 4.69) is 6.07 Å². The van der Waals surface area contributed by atoms with Gasteiger partial charge in [0.15, 0.2) is 12.6 Å². The largest absolute Gasteiger partial charge is 0.468 e. The summed E-state index contributed by atoms with van der Waals surface area (Å²) in [6.45, 7) is 0.00166. The molecule has 0 fully saturated rings. The summed E-state index contributed by atoms with van der Waals surface area (Å²) < 4.78 is 10.1. The molecule has 0 aliphatic carbocycles. The van der Waals surface area contributed by atoms with E-state index in [1.54, 1.807) is 30.3 Å². The molecule has 0 bridgehead atoms. The topological polar surface area (TPSA) is 102 Å². The first kappa shape index (κ1) is 19.7. The number of ether oxygens (including phenoxy) is 2. The molecule has 0 atom stereocenters. The normalized spacial score (nSPS) is 10.8. The van der Waals surface area contributed by atoms with Crippen LogP contribution in [0.5, 0.6) is 5.75 Å². The van der Waals surface area contributed by atoms with Crippen molar-refractivity contribution in [2.45, 2.75) is 0 Å². The van der Waals surface area contributed by atoms with E-state index in [-0.39, 0.29) is 23.8 Å². The number of nitrogens with zero attached hydrogens (tertiary/aromatic N) is 2. The maximum Gasteiger partial charge on any atom is 0.276 e. The summed E-state index contributed by atoms with van der Waals surface area (Å²) in [6.07, 6.45) is 2.66. The number of carbonyl (C=O) groups is 1. The molecule has 0 amide bonds. The predicted molar refractivity (Wildman–Crippen MR) is 108 cm³/mol. The number of benzene rings is 3. The molecule has 0 aliphatic heterocycles. The molecule has 0 N–H and O–H groups in total. The Hall–Kier alpha value is -4.02. The van der Waals surface area contributed by atoms with Gasteiger partial charge in [-0.25, -0.2) is 0 Å². The Morgan fingerprint density at radius 3 is 2.66 bits per heavy atom. The number of hydrogen-bond acceptors (Lipinski definition) is 6. The Balaban J connectivity index is 1.90. The molecule has 0 aliphatic rings. The number of ketones is 1. The number of hydrogen-bond donors (Lipinski definition) is 0. The minimum Gasteiger partial charge on any atom is -0.468 e. The van der Waals surface area contributed by atoms with Crippen molar-refractivity contribution in [3.05, 3.63) is 87.5 Å². The molecule has 0 saturated heterocycles. The van der Waals surface area contributed by atoms with Gasteiger partial charge < -0.3 is 9.47 Å². The van der Waals surface area contributed by atoms with Crippen molar-refractivity contribution in [2.24, 2.45) is 0 Å². The standard InChI is InChI=1S/C22H16N2O5/c1-28-14-29-20-7-8-21(24(26)27)17(12-20)6-9-22(25)18-5-4-16-3-2-15(13-23)10-19(16)11-18/h2-12H,14H2,1H3. The zero-order valence-electron chi connectivity index (χ0n) is 15.5. The summed E-state index contributed by atoms with van der Waals surface area (Å²) in [7, 11) is 1.47. The summed E-state index contributed by atoms with van der Waals surface area (Å²) in [4.78, 5) is 23.3. The van der Waals surface area contributed by atoms with Gasteiger partial charge in [-0.2, -0.15) is 5.26 Å². The van der Waals surface area contributed by atoms with Gasteiger partial charge in [0.2, 0.25) is 0 Å². The molecule has 29 heavy (non-hydrogen) atoms. The zero-order valence-corrected chi connectivity index (χ0v) is 15.5. The molecule has 7 nitrogen and oxygen atoms in total. The van der Waals surface area contributed by atoms with Crippen molar-refractivity contribution >= 4 is 28.3 Å². The van der Waals surface area contributed by atoms with Crippen molar-refractivity contribution in [2.75, 3.05) is 13.9 Å². The summed E-state index contributed by atoms with van der Waals surface area (Å²) in [6, 6.07) is 16.7. The third-order valence-corrected chi connectivity index (χ3v) is 4.21. The second kappa shape index (κ2) is 8.78. The van der Waals surface area contributed by atoms with Gasteiger partial charge in [0, 0.05) is 18.7 Å². The van der Waals surface area contributed by atoms with Crippen molar-refractivity contribution in [3.8, 4) is 11.8 Å². The fourth-order valence-electron chi connectivity index (χ4n) is 2.78. The van der Waals surface area contributed by atoms with Crippen LogP contribution in [0, 0.1) is 21.4 Å². The molecule has 3 aromatic carbocycles. The van der Waals surface area contributed by atoms with E-state index in [4.69, 9.17) is 14.7 Å². The van der Waals surface area contributed by atoms with E-state index in [1.165, 1.54) is 37.5 Å². The van der Waals surface area contributed by atoms with Gasteiger partial charge in [-0.3, -0.25) is 14.9 Å². The molecular formula is C22H16N2O5. The smallest absolute Gasteiger partial charge is 0.276 e. The molecular weight excluding hydrogens is 372 g/mol. The molecule has 7 heteroatoms. The first-order chi connectivity index (χ1) is 14.0. The summed E-state index contributed by atoms with van der Waals surface area (Å²) in [5.74, 6) is 0.0751. The van der Waals surface area contributed by atoms with Crippen LogP contribution in [-0.4, -0.2) is 24.6 Å². The van der Waals surface area contributed by atoms with Crippen LogP contribution >= 0.6 is 0 Å². The van der Waals surface area contributed by atoms with E-state index in [1.807, 2.05) is 6.07 Å². The average Bonchev–Trinajstić information content (AvgIpc) is 2.74. The number of carbonyl (C=O) groups excluding carboxylic acids is 1. The fourth-order valence-corrected chi connectivity index (χ4v) is 2.78. The van der Waals surface area contributed by atoms with Gasteiger partial charge in [-0.05, 0) is 53.3 Å². The second-order valence-electron chi connectivity index (χ2n) is 6.11. The highest BCUT2D eigenvalue weighted by Crippen LogP contribution is 2.26. The molecule has 3 rings (SSSR count). The number of nitro benzene ring substituents is 1. The first-order valence-electron chi connectivity index (χ1n) is 8.58. The highest BCUT2D eigenvalue weighted by molar-refractivity contribution is 6.09. The minimum atomic E-state index is -0.524. The summed E-state index contributed by atoms with van der Waals surface area (Å²) in [5.41, 5.74) is 1.01. The van der Waals surface area contributed by atoms with Crippen molar-refractivity contribution < 1.29 is 19.2 Å². The predicted octanol–water partition coefficient (Wildman–Crippen LogP) is 4.50. The minimum absolute atomic E-state index is 0.00166. The Labute approximate surface area is 166 Å². The highest BCUT2D eigenvalue weighted by Gasteiger charge is 2.13. The molecule has 144 valence electrons. The fraction of sp³-hybridized carbons (Fsp3) is 0.0909. The molecule has 0 aromatic heterocycles.